The van der Waals surface area contributed by atoms with Gasteiger partial charge in [0.1, 0.15) is 0 Å². The van der Waals surface area contributed by atoms with Crippen LogP contribution in [0, 0.1) is 11.8 Å². The first-order valence-corrected chi connectivity index (χ1v) is 10.1. The molecule has 154 valence electrons. The van der Waals surface area contributed by atoms with Crippen LogP contribution in [-0.2, 0) is 4.79 Å². The van der Waals surface area contributed by atoms with Gasteiger partial charge >= 0.3 is 0 Å². The number of primary amides is 1. The Labute approximate surface area is 177 Å². The normalized spacial score (nSPS) is 16.4. The van der Waals surface area contributed by atoms with Crippen LogP contribution < -0.4 is 16.4 Å². The number of carbonyl (C=O) groups is 1. The molecule has 0 aromatic carbocycles. The van der Waals surface area contributed by atoms with Crippen LogP contribution in [0.25, 0.3) is 0 Å². The Morgan fingerprint density at radius 2 is 1.81 bits per heavy atom. The van der Waals surface area contributed by atoms with Crippen LogP contribution in [0.5, 0.6) is 0 Å². The van der Waals surface area contributed by atoms with Crippen molar-refractivity contribution < 1.29 is 4.79 Å². The van der Waals surface area contributed by atoms with Crippen molar-refractivity contribution in [2.75, 3.05) is 39.3 Å². The largest absolute Gasteiger partial charge is 0.369 e. The standard InChI is InChI=1S/C19H39N5O.HI/c1-4-16(5-2)15-23-19(21-6-3)22-11-7-8-12-24-13-9-17(10-14-24)18(20)25;/h16-17H,4-15H2,1-3H3,(H2,20,25)(H2,21,22,23);1H. The molecule has 1 aliphatic rings. The van der Waals surface area contributed by atoms with Crippen LogP contribution in [0.2, 0.25) is 0 Å². The molecule has 1 fully saturated rings. The topological polar surface area (TPSA) is 82.8 Å². The quantitative estimate of drug-likeness (QED) is 0.183. The molecule has 1 heterocycles. The third kappa shape index (κ3) is 10.5. The molecule has 26 heavy (non-hydrogen) atoms. The van der Waals surface area contributed by atoms with Gasteiger partial charge in [0, 0.05) is 25.6 Å². The Morgan fingerprint density at radius 3 is 2.35 bits per heavy atom. The molecule has 1 aliphatic heterocycles. The van der Waals surface area contributed by atoms with E-state index < -0.39 is 0 Å². The van der Waals surface area contributed by atoms with Gasteiger partial charge in [0.05, 0.1) is 0 Å². The van der Waals surface area contributed by atoms with E-state index in [-0.39, 0.29) is 35.8 Å². The van der Waals surface area contributed by atoms with E-state index in [0.717, 1.165) is 64.5 Å². The molecule has 0 saturated carbocycles. The average Bonchev–Trinajstić information content (AvgIpc) is 2.62. The zero-order chi connectivity index (χ0) is 18.5. The summed E-state index contributed by atoms with van der Waals surface area (Å²) in [5, 5.41) is 6.77. The molecule has 0 aliphatic carbocycles. The van der Waals surface area contributed by atoms with Crippen LogP contribution in [-0.4, -0.2) is 56.0 Å². The summed E-state index contributed by atoms with van der Waals surface area (Å²) in [4.78, 5) is 18.3. The van der Waals surface area contributed by atoms with Gasteiger partial charge < -0.3 is 21.3 Å². The van der Waals surface area contributed by atoms with Crippen LogP contribution >= 0.6 is 24.0 Å². The number of carbonyl (C=O) groups excluding carboxylic acids is 1. The number of amides is 1. The molecule has 0 atom stereocenters. The maximum Gasteiger partial charge on any atom is 0.220 e. The summed E-state index contributed by atoms with van der Waals surface area (Å²) < 4.78 is 0. The molecule has 7 heteroatoms. The number of likely N-dealkylation sites (tertiary alicyclic amines) is 1. The van der Waals surface area contributed by atoms with Gasteiger partial charge in [0.2, 0.25) is 5.91 Å². The molecule has 0 radical (unpaired) electrons. The Bertz CT molecular complexity index is 393. The van der Waals surface area contributed by atoms with Gasteiger partial charge in [-0.05, 0) is 58.2 Å². The fraction of sp³-hybridized carbons (Fsp3) is 0.895. The number of halogens is 1. The highest BCUT2D eigenvalue weighted by Gasteiger charge is 2.22. The van der Waals surface area contributed by atoms with E-state index in [1.165, 1.54) is 19.3 Å². The van der Waals surface area contributed by atoms with Crippen molar-refractivity contribution in [1.29, 1.82) is 0 Å². The Hall–Kier alpha value is -0.570. The lowest BCUT2D eigenvalue weighted by Crippen LogP contribution is -2.40. The van der Waals surface area contributed by atoms with Crippen molar-refractivity contribution in [3.8, 4) is 0 Å². The minimum atomic E-state index is -0.132. The van der Waals surface area contributed by atoms with Crippen LogP contribution in [0.3, 0.4) is 0 Å². The lowest BCUT2D eigenvalue weighted by Gasteiger charge is -2.30. The maximum atomic E-state index is 11.2. The Morgan fingerprint density at radius 1 is 1.15 bits per heavy atom. The summed E-state index contributed by atoms with van der Waals surface area (Å²) in [6.45, 7) is 12.4. The highest BCUT2D eigenvalue weighted by atomic mass is 127. The summed E-state index contributed by atoms with van der Waals surface area (Å²) >= 11 is 0. The van der Waals surface area contributed by atoms with E-state index >= 15 is 0 Å². The van der Waals surface area contributed by atoms with E-state index in [1.54, 1.807) is 0 Å². The predicted molar refractivity (Wildman–Crippen MR) is 121 cm³/mol. The molecular formula is C19H40IN5O. The molecule has 1 saturated heterocycles. The monoisotopic (exact) mass is 481 g/mol. The van der Waals surface area contributed by atoms with Gasteiger partial charge in [-0.2, -0.15) is 0 Å². The third-order valence-electron chi connectivity index (χ3n) is 5.19. The SMILES string of the molecule is CCNC(=NCC(CC)CC)NCCCCN1CCC(C(N)=O)CC1.I. The molecule has 0 unspecified atom stereocenters. The van der Waals surface area contributed by atoms with Crippen molar-refractivity contribution in [3.63, 3.8) is 0 Å². The van der Waals surface area contributed by atoms with Gasteiger partial charge in [-0.1, -0.05) is 26.7 Å². The molecule has 1 rings (SSSR count). The summed E-state index contributed by atoms with van der Waals surface area (Å²) in [5.74, 6) is 1.58. The Balaban J connectivity index is 0.00000625. The third-order valence-corrected chi connectivity index (χ3v) is 5.19. The van der Waals surface area contributed by atoms with Crippen molar-refractivity contribution in [2.45, 2.75) is 59.3 Å². The van der Waals surface area contributed by atoms with Gasteiger partial charge in [-0.15, -0.1) is 24.0 Å². The van der Waals surface area contributed by atoms with Crippen molar-refractivity contribution >= 4 is 35.8 Å². The molecule has 0 spiro atoms. The molecule has 0 aromatic rings. The molecule has 0 aromatic heterocycles. The second-order valence-corrected chi connectivity index (χ2v) is 7.05. The first kappa shape index (κ1) is 25.4. The number of rotatable bonds is 11. The number of hydrogen-bond donors (Lipinski definition) is 3. The highest BCUT2D eigenvalue weighted by molar-refractivity contribution is 14.0. The number of nitrogens with zero attached hydrogens (tertiary/aromatic N) is 2. The number of unbranched alkanes of at least 4 members (excludes halogenated alkanes) is 1. The number of aliphatic imine (C=N–C) groups is 1. The summed E-state index contributed by atoms with van der Waals surface area (Å²) in [5.41, 5.74) is 5.38. The van der Waals surface area contributed by atoms with E-state index in [2.05, 4.69) is 36.3 Å². The summed E-state index contributed by atoms with van der Waals surface area (Å²) in [6, 6.07) is 0. The number of nitrogens with one attached hydrogen (secondary N) is 2. The fourth-order valence-corrected chi connectivity index (χ4v) is 3.22. The zero-order valence-corrected chi connectivity index (χ0v) is 19.3. The van der Waals surface area contributed by atoms with E-state index in [4.69, 9.17) is 10.7 Å². The summed E-state index contributed by atoms with van der Waals surface area (Å²) in [6.07, 6.45) is 6.50. The molecular weight excluding hydrogens is 441 g/mol. The van der Waals surface area contributed by atoms with Crippen molar-refractivity contribution in [1.82, 2.24) is 15.5 Å². The minimum absolute atomic E-state index is 0. The number of guanidine groups is 1. The first-order valence-electron chi connectivity index (χ1n) is 10.1. The van der Waals surface area contributed by atoms with Crippen molar-refractivity contribution in [3.05, 3.63) is 0 Å². The van der Waals surface area contributed by atoms with Crippen molar-refractivity contribution in [2.24, 2.45) is 22.6 Å². The van der Waals surface area contributed by atoms with Gasteiger partial charge in [0.15, 0.2) is 5.96 Å². The predicted octanol–water partition coefficient (Wildman–Crippen LogP) is 2.57. The van der Waals surface area contributed by atoms with E-state index in [0.29, 0.717) is 5.92 Å². The number of piperidine rings is 1. The second-order valence-electron chi connectivity index (χ2n) is 7.05. The Kier molecular flexibility index (Phi) is 15.1. The first-order chi connectivity index (χ1) is 12.1. The summed E-state index contributed by atoms with van der Waals surface area (Å²) in [7, 11) is 0. The van der Waals surface area contributed by atoms with E-state index in [1.807, 2.05) is 0 Å². The lowest BCUT2D eigenvalue weighted by molar-refractivity contribution is -0.123. The molecule has 0 bridgehead atoms. The second kappa shape index (κ2) is 15.5. The molecule has 4 N–H and O–H groups in total. The average molecular weight is 481 g/mol. The van der Waals surface area contributed by atoms with Crippen LogP contribution in [0.1, 0.15) is 59.3 Å². The van der Waals surface area contributed by atoms with Crippen LogP contribution in [0.4, 0.5) is 0 Å². The molecule has 1 amide bonds. The van der Waals surface area contributed by atoms with Crippen LogP contribution in [0.15, 0.2) is 4.99 Å². The van der Waals surface area contributed by atoms with Gasteiger partial charge in [-0.25, -0.2) is 0 Å². The lowest BCUT2D eigenvalue weighted by atomic mass is 9.96. The van der Waals surface area contributed by atoms with Gasteiger partial charge in [0.25, 0.3) is 0 Å². The number of hydrogen-bond acceptors (Lipinski definition) is 3. The van der Waals surface area contributed by atoms with E-state index in [9.17, 15) is 4.79 Å². The highest BCUT2D eigenvalue weighted by Crippen LogP contribution is 2.16. The molecule has 6 nitrogen and oxygen atoms in total. The smallest absolute Gasteiger partial charge is 0.220 e. The minimum Gasteiger partial charge on any atom is -0.369 e. The fourth-order valence-electron chi connectivity index (χ4n) is 3.22. The number of nitrogens with two attached hydrogens (primary N) is 1. The zero-order valence-electron chi connectivity index (χ0n) is 16.9. The van der Waals surface area contributed by atoms with Gasteiger partial charge in [-0.3, -0.25) is 9.79 Å². The maximum absolute atomic E-state index is 11.2.